The zero-order valence-corrected chi connectivity index (χ0v) is 11.1. The van der Waals surface area contributed by atoms with Crippen molar-refractivity contribution < 1.29 is 9.53 Å². The molecule has 0 aliphatic carbocycles. The summed E-state index contributed by atoms with van der Waals surface area (Å²) in [6.45, 7) is 0.239. The summed E-state index contributed by atoms with van der Waals surface area (Å²) in [5.74, 6) is 0.455. The van der Waals surface area contributed by atoms with E-state index in [2.05, 4.69) is 26.2 Å². The van der Waals surface area contributed by atoms with E-state index in [1.807, 2.05) is 30.3 Å². The number of halogens is 1. The molecule has 1 amide bonds. The van der Waals surface area contributed by atoms with Gasteiger partial charge in [-0.1, -0.05) is 30.3 Å². The highest BCUT2D eigenvalue weighted by molar-refractivity contribution is 9.10. The molecule has 0 saturated heterocycles. The van der Waals surface area contributed by atoms with Crippen molar-refractivity contribution in [1.82, 2.24) is 4.98 Å². The summed E-state index contributed by atoms with van der Waals surface area (Å²) in [7, 11) is 0. The maximum absolute atomic E-state index is 11.5. The van der Waals surface area contributed by atoms with E-state index >= 15 is 0 Å². The van der Waals surface area contributed by atoms with Crippen LogP contribution >= 0.6 is 15.9 Å². The van der Waals surface area contributed by atoms with Gasteiger partial charge in [-0.15, -0.1) is 0 Å². The summed E-state index contributed by atoms with van der Waals surface area (Å²) >= 11 is 3.27. The van der Waals surface area contributed by atoms with E-state index in [0.717, 1.165) is 10.0 Å². The first-order chi connectivity index (χ1) is 8.74. The quantitative estimate of drug-likeness (QED) is 0.942. The number of rotatable bonds is 3. The molecule has 0 radical (unpaired) electrons. The predicted octanol–water partition coefficient (Wildman–Crippen LogP) is 3.59. The lowest BCUT2D eigenvalue weighted by molar-refractivity contribution is 0.155. The molecule has 0 bridgehead atoms. The molecular weight excluding hydrogens is 296 g/mol. The summed E-state index contributed by atoms with van der Waals surface area (Å²) in [5, 5.41) is 2.55. The third-order valence-electron chi connectivity index (χ3n) is 2.17. The highest BCUT2D eigenvalue weighted by Crippen LogP contribution is 2.10. The highest BCUT2D eigenvalue weighted by Gasteiger charge is 2.04. The van der Waals surface area contributed by atoms with Crippen molar-refractivity contribution >= 4 is 27.8 Å². The van der Waals surface area contributed by atoms with Crippen LogP contribution in [0.5, 0.6) is 0 Å². The monoisotopic (exact) mass is 306 g/mol. The smallest absolute Gasteiger partial charge is 0.413 e. The topological polar surface area (TPSA) is 51.2 Å². The lowest BCUT2D eigenvalue weighted by atomic mass is 10.2. The molecule has 4 nitrogen and oxygen atoms in total. The van der Waals surface area contributed by atoms with Gasteiger partial charge in [0.05, 0.1) is 0 Å². The molecule has 2 rings (SSSR count). The highest BCUT2D eigenvalue weighted by atomic mass is 79.9. The number of carbonyl (C=O) groups excluding carboxylic acids is 1. The van der Waals surface area contributed by atoms with Crippen LogP contribution in [0.25, 0.3) is 0 Å². The molecule has 0 unspecified atom stereocenters. The van der Waals surface area contributed by atoms with Gasteiger partial charge in [-0.2, -0.15) is 0 Å². The molecule has 1 aromatic heterocycles. The average Bonchev–Trinajstić information content (AvgIpc) is 2.40. The Morgan fingerprint density at radius 2 is 2.00 bits per heavy atom. The molecule has 18 heavy (non-hydrogen) atoms. The second-order valence-electron chi connectivity index (χ2n) is 3.55. The number of nitrogens with one attached hydrogen (secondary N) is 1. The van der Waals surface area contributed by atoms with Crippen LogP contribution in [0.2, 0.25) is 0 Å². The number of hydrogen-bond acceptors (Lipinski definition) is 3. The van der Waals surface area contributed by atoms with Gasteiger partial charge >= 0.3 is 6.09 Å². The lowest BCUT2D eigenvalue weighted by Crippen LogP contribution is -2.14. The number of amides is 1. The zero-order chi connectivity index (χ0) is 12.8. The van der Waals surface area contributed by atoms with Crippen molar-refractivity contribution in [2.24, 2.45) is 0 Å². The molecule has 0 aliphatic heterocycles. The average molecular weight is 307 g/mol. The first-order valence-corrected chi connectivity index (χ1v) is 6.12. The molecule has 1 N–H and O–H groups in total. The molecule has 2 aromatic rings. The Bertz CT molecular complexity index is 514. The minimum atomic E-state index is -0.520. The van der Waals surface area contributed by atoms with Gasteiger partial charge in [0.15, 0.2) is 0 Å². The van der Waals surface area contributed by atoms with E-state index in [0.29, 0.717) is 5.82 Å². The SMILES string of the molecule is O=C(Nc1ccc(Br)cn1)OCc1ccccc1. The van der Waals surface area contributed by atoms with E-state index in [1.165, 1.54) is 0 Å². The minimum Gasteiger partial charge on any atom is -0.444 e. The van der Waals surface area contributed by atoms with Crippen LogP contribution in [0, 0.1) is 0 Å². The maximum Gasteiger partial charge on any atom is 0.413 e. The molecular formula is C13H11BrN2O2. The van der Waals surface area contributed by atoms with Gasteiger partial charge < -0.3 is 4.74 Å². The molecule has 0 fully saturated rings. The Morgan fingerprint density at radius 1 is 1.22 bits per heavy atom. The van der Waals surface area contributed by atoms with E-state index in [1.54, 1.807) is 18.3 Å². The van der Waals surface area contributed by atoms with Crippen LogP contribution in [0.4, 0.5) is 10.6 Å². The Balaban J connectivity index is 1.84. The van der Waals surface area contributed by atoms with Gasteiger partial charge in [0.1, 0.15) is 12.4 Å². The summed E-state index contributed by atoms with van der Waals surface area (Å²) in [6.07, 6.45) is 1.08. The Morgan fingerprint density at radius 3 is 2.67 bits per heavy atom. The molecule has 0 aliphatic rings. The number of nitrogens with zero attached hydrogens (tertiary/aromatic N) is 1. The number of carbonyl (C=O) groups is 1. The Kier molecular flexibility index (Phi) is 4.30. The van der Waals surface area contributed by atoms with Gasteiger partial charge in [0.2, 0.25) is 0 Å². The van der Waals surface area contributed by atoms with E-state index in [9.17, 15) is 4.79 Å². The molecule has 1 heterocycles. The molecule has 5 heteroatoms. The van der Waals surface area contributed by atoms with Crippen molar-refractivity contribution in [3.8, 4) is 0 Å². The largest absolute Gasteiger partial charge is 0.444 e. The van der Waals surface area contributed by atoms with Crippen LogP contribution < -0.4 is 5.32 Å². The van der Waals surface area contributed by atoms with Crippen molar-refractivity contribution in [2.45, 2.75) is 6.61 Å². The lowest BCUT2D eigenvalue weighted by Gasteiger charge is -2.06. The number of aromatic nitrogens is 1. The minimum absolute atomic E-state index is 0.239. The maximum atomic E-state index is 11.5. The van der Waals surface area contributed by atoms with E-state index < -0.39 is 6.09 Å². The number of hydrogen-bond donors (Lipinski definition) is 1. The predicted molar refractivity (Wildman–Crippen MR) is 72.2 cm³/mol. The Hall–Kier alpha value is -1.88. The first-order valence-electron chi connectivity index (χ1n) is 5.33. The van der Waals surface area contributed by atoms with Crippen LogP contribution in [-0.4, -0.2) is 11.1 Å². The summed E-state index contributed by atoms with van der Waals surface area (Å²) in [4.78, 5) is 15.5. The first kappa shape index (κ1) is 12.6. The number of anilines is 1. The molecule has 0 atom stereocenters. The normalized spacial score (nSPS) is 9.83. The van der Waals surface area contributed by atoms with Crippen molar-refractivity contribution in [1.29, 1.82) is 0 Å². The fourth-order valence-electron chi connectivity index (χ4n) is 1.31. The Labute approximate surface area is 113 Å². The molecule has 1 aromatic carbocycles. The van der Waals surface area contributed by atoms with E-state index in [-0.39, 0.29) is 6.61 Å². The fraction of sp³-hybridized carbons (Fsp3) is 0.0769. The molecule has 0 saturated carbocycles. The number of pyridine rings is 1. The second-order valence-corrected chi connectivity index (χ2v) is 4.46. The third-order valence-corrected chi connectivity index (χ3v) is 2.64. The van der Waals surface area contributed by atoms with Crippen LogP contribution in [0.3, 0.4) is 0 Å². The van der Waals surface area contributed by atoms with E-state index in [4.69, 9.17) is 4.74 Å². The number of ether oxygens (including phenoxy) is 1. The van der Waals surface area contributed by atoms with Crippen molar-refractivity contribution in [3.63, 3.8) is 0 Å². The summed E-state index contributed by atoms with van der Waals surface area (Å²) in [6, 6.07) is 13.0. The van der Waals surface area contributed by atoms with Gasteiger partial charge in [-0.25, -0.2) is 9.78 Å². The molecule has 92 valence electrons. The van der Waals surface area contributed by atoms with Crippen molar-refractivity contribution in [2.75, 3.05) is 5.32 Å². The summed E-state index contributed by atoms with van der Waals surface area (Å²) < 4.78 is 5.91. The molecule has 0 spiro atoms. The summed E-state index contributed by atoms with van der Waals surface area (Å²) in [5.41, 5.74) is 0.941. The van der Waals surface area contributed by atoms with Gasteiger partial charge in [-0.05, 0) is 33.6 Å². The standard InChI is InChI=1S/C13H11BrN2O2/c14-11-6-7-12(15-8-11)16-13(17)18-9-10-4-2-1-3-5-10/h1-8H,9H2,(H,15,16,17). The van der Waals surface area contributed by atoms with Gasteiger partial charge in [0.25, 0.3) is 0 Å². The zero-order valence-electron chi connectivity index (χ0n) is 9.47. The van der Waals surface area contributed by atoms with Crippen molar-refractivity contribution in [3.05, 3.63) is 58.7 Å². The van der Waals surface area contributed by atoms with Gasteiger partial charge in [0, 0.05) is 10.7 Å². The second kappa shape index (κ2) is 6.16. The van der Waals surface area contributed by atoms with Crippen LogP contribution in [0.1, 0.15) is 5.56 Å². The fourth-order valence-corrected chi connectivity index (χ4v) is 1.55. The van der Waals surface area contributed by atoms with Crippen LogP contribution in [-0.2, 0) is 11.3 Å². The number of benzene rings is 1. The van der Waals surface area contributed by atoms with Crippen LogP contribution in [0.15, 0.2) is 53.1 Å². The third kappa shape index (κ3) is 3.85. The van der Waals surface area contributed by atoms with Gasteiger partial charge in [-0.3, -0.25) is 5.32 Å².